The van der Waals surface area contributed by atoms with Gasteiger partial charge in [0.25, 0.3) is 5.56 Å². The zero-order valence-corrected chi connectivity index (χ0v) is 12.3. The number of carboxylic acid groups (broad SMARTS) is 1. The minimum absolute atomic E-state index is 0.0209. The number of pyridine rings is 1. The first kappa shape index (κ1) is 14.8. The van der Waals surface area contributed by atoms with Crippen LogP contribution in [0.3, 0.4) is 0 Å². The highest BCUT2D eigenvalue weighted by atomic mass is 16.4. The van der Waals surface area contributed by atoms with Crippen molar-refractivity contribution < 1.29 is 9.90 Å². The second kappa shape index (κ2) is 6.25. The molecule has 1 heterocycles. The summed E-state index contributed by atoms with van der Waals surface area (Å²) in [5.41, 5.74) is 3.10. The van der Waals surface area contributed by atoms with Gasteiger partial charge < -0.3 is 9.67 Å². The van der Waals surface area contributed by atoms with Crippen LogP contribution in [0.2, 0.25) is 0 Å². The number of aliphatic carboxylic acids is 1. The third kappa shape index (κ3) is 3.30. The van der Waals surface area contributed by atoms with E-state index in [2.05, 4.69) is 13.8 Å². The summed E-state index contributed by atoms with van der Waals surface area (Å²) in [6.45, 7) is 5.05. The number of aromatic nitrogens is 1. The Morgan fingerprint density at radius 1 is 1.40 bits per heavy atom. The Morgan fingerprint density at radius 2 is 2.15 bits per heavy atom. The number of hydrogen-bond donors (Lipinski definition) is 1. The maximum absolute atomic E-state index is 12.5. The van der Waals surface area contributed by atoms with E-state index in [1.54, 1.807) is 0 Å². The fraction of sp³-hybridized carbons (Fsp3) is 0.625. The molecule has 0 radical (unpaired) electrons. The lowest BCUT2D eigenvalue weighted by molar-refractivity contribution is -0.136. The van der Waals surface area contributed by atoms with Gasteiger partial charge in [-0.25, -0.2) is 0 Å². The van der Waals surface area contributed by atoms with Gasteiger partial charge in [-0.1, -0.05) is 13.8 Å². The number of carbonyl (C=O) groups is 1. The van der Waals surface area contributed by atoms with Crippen LogP contribution in [0.15, 0.2) is 10.9 Å². The summed E-state index contributed by atoms with van der Waals surface area (Å²) < 4.78 is 1.90. The van der Waals surface area contributed by atoms with Crippen LogP contribution in [0, 0.1) is 5.92 Å². The van der Waals surface area contributed by atoms with Gasteiger partial charge in [-0.05, 0) is 49.7 Å². The third-order valence-corrected chi connectivity index (χ3v) is 3.96. The predicted molar refractivity (Wildman–Crippen MR) is 78.1 cm³/mol. The summed E-state index contributed by atoms with van der Waals surface area (Å²) in [5, 5.41) is 8.80. The molecule has 0 unspecified atom stereocenters. The number of hydrogen-bond acceptors (Lipinski definition) is 2. The van der Waals surface area contributed by atoms with E-state index in [9.17, 15) is 9.59 Å². The van der Waals surface area contributed by atoms with Crippen molar-refractivity contribution in [1.82, 2.24) is 4.57 Å². The van der Waals surface area contributed by atoms with Crippen LogP contribution in [-0.2, 0) is 30.6 Å². The number of aryl methyl sites for hydroxylation is 2. The maximum Gasteiger partial charge on any atom is 0.303 e. The van der Waals surface area contributed by atoms with Crippen molar-refractivity contribution in [2.24, 2.45) is 5.92 Å². The Bertz CT molecular complexity index is 558. The van der Waals surface area contributed by atoms with Crippen molar-refractivity contribution in [3.63, 3.8) is 0 Å². The molecular formula is C16H23NO3. The van der Waals surface area contributed by atoms with E-state index in [4.69, 9.17) is 5.11 Å². The molecule has 0 amide bonds. The number of fused-ring (bicyclic) bond motifs is 1. The van der Waals surface area contributed by atoms with Crippen LogP contribution in [0.1, 0.15) is 49.9 Å². The van der Waals surface area contributed by atoms with Gasteiger partial charge in [0, 0.05) is 24.2 Å². The normalized spacial score (nSPS) is 13.8. The average Bonchev–Trinajstić information content (AvgIpc) is 2.82. The molecule has 0 saturated heterocycles. The van der Waals surface area contributed by atoms with E-state index in [1.807, 2.05) is 10.6 Å². The summed E-state index contributed by atoms with van der Waals surface area (Å²) in [5.74, 6) is -0.291. The minimum atomic E-state index is -0.848. The predicted octanol–water partition coefficient (Wildman–Crippen LogP) is 2.40. The lowest BCUT2D eigenvalue weighted by atomic mass is 10.1. The van der Waals surface area contributed by atoms with Gasteiger partial charge in [0.1, 0.15) is 0 Å². The van der Waals surface area contributed by atoms with Gasteiger partial charge in [0.2, 0.25) is 0 Å². The Morgan fingerprint density at radius 3 is 2.80 bits per heavy atom. The highest BCUT2D eigenvalue weighted by Gasteiger charge is 2.19. The molecule has 4 nitrogen and oxygen atoms in total. The largest absolute Gasteiger partial charge is 0.481 e. The van der Waals surface area contributed by atoms with Crippen molar-refractivity contribution in [2.75, 3.05) is 0 Å². The van der Waals surface area contributed by atoms with E-state index in [1.165, 1.54) is 11.3 Å². The zero-order valence-electron chi connectivity index (χ0n) is 12.3. The van der Waals surface area contributed by atoms with Crippen molar-refractivity contribution in [1.29, 1.82) is 0 Å². The number of carboxylic acids is 1. The van der Waals surface area contributed by atoms with Crippen molar-refractivity contribution in [2.45, 2.75) is 58.9 Å². The molecule has 0 bridgehead atoms. The second-order valence-electron chi connectivity index (χ2n) is 6.03. The highest BCUT2D eigenvalue weighted by molar-refractivity contribution is 5.67. The van der Waals surface area contributed by atoms with Crippen LogP contribution in [0.4, 0.5) is 0 Å². The molecule has 1 aromatic heterocycles. The molecule has 4 heteroatoms. The fourth-order valence-electron chi connectivity index (χ4n) is 2.83. The van der Waals surface area contributed by atoms with Gasteiger partial charge in [0.05, 0.1) is 0 Å². The lowest BCUT2D eigenvalue weighted by Crippen LogP contribution is -2.28. The topological polar surface area (TPSA) is 59.3 Å². The Kier molecular flexibility index (Phi) is 4.63. The van der Waals surface area contributed by atoms with E-state index in [-0.39, 0.29) is 12.0 Å². The molecule has 20 heavy (non-hydrogen) atoms. The first-order valence-electron chi connectivity index (χ1n) is 7.45. The monoisotopic (exact) mass is 277 g/mol. The molecule has 0 aliphatic heterocycles. The number of nitrogens with zero attached hydrogens (tertiary/aromatic N) is 1. The third-order valence-electron chi connectivity index (χ3n) is 3.96. The first-order chi connectivity index (χ1) is 9.49. The summed E-state index contributed by atoms with van der Waals surface area (Å²) in [7, 11) is 0. The van der Waals surface area contributed by atoms with Crippen LogP contribution in [-0.4, -0.2) is 15.6 Å². The van der Waals surface area contributed by atoms with Crippen molar-refractivity contribution in [3.05, 3.63) is 33.2 Å². The molecule has 1 aromatic rings. The maximum atomic E-state index is 12.5. The van der Waals surface area contributed by atoms with Gasteiger partial charge in [-0.2, -0.15) is 0 Å². The smallest absolute Gasteiger partial charge is 0.303 e. The van der Waals surface area contributed by atoms with E-state index < -0.39 is 5.97 Å². The average molecular weight is 277 g/mol. The molecule has 0 spiro atoms. The zero-order chi connectivity index (χ0) is 14.7. The summed E-state index contributed by atoms with van der Waals surface area (Å²) in [6.07, 6.45) is 4.42. The molecule has 110 valence electrons. The molecule has 1 aliphatic carbocycles. The lowest BCUT2D eigenvalue weighted by Gasteiger charge is -2.15. The quantitative estimate of drug-likeness (QED) is 0.868. The van der Waals surface area contributed by atoms with Gasteiger partial charge in [-0.15, -0.1) is 0 Å². The summed E-state index contributed by atoms with van der Waals surface area (Å²) >= 11 is 0. The molecule has 0 saturated carbocycles. The summed E-state index contributed by atoms with van der Waals surface area (Å²) in [4.78, 5) is 23.2. The Balaban J connectivity index is 2.32. The Hall–Kier alpha value is -1.58. The van der Waals surface area contributed by atoms with Gasteiger partial charge in [-0.3, -0.25) is 9.59 Å². The van der Waals surface area contributed by atoms with Gasteiger partial charge in [0.15, 0.2) is 0 Å². The van der Waals surface area contributed by atoms with E-state index >= 15 is 0 Å². The standard InChI is InChI=1S/C16H23NO3/c1-11(2)8-9-17-14-5-3-4-12(14)10-13(16(17)20)6-7-15(18)19/h10-11H,3-9H2,1-2H3,(H,18,19). The van der Waals surface area contributed by atoms with Crippen LogP contribution in [0.5, 0.6) is 0 Å². The molecule has 1 N–H and O–H groups in total. The van der Waals surface area contributed by atoms with Crippen LogP contribution >= 0.6 is 0 Å². The first-order valence-corrected chi connectivity index (χ1v) is 7.45. The Labute approximate surface area is 119 Å². The number of rotatable bonds is 6. The van der Waals surface area contributed by atoms with Gasteiger partial charge >= 0.3 is 5.97 Å². The molecule has 0 fully saturated rings. The van der Waals surface area contributed by atoms with Crippen LogP contribution in [0.25, 0.3) is 0 Å². The second-order valence-corrected chi connectivity index (χ2v) is 6.03. The van der Waals surface area contributed by atoms with E-state index in [0.717, 1.165) is 32.2 Å². The van der Waals surface area contributed by atoms with Crippen LogP contribution < -0.4 is 5.56 Å². The molecule has 0 aromatic carbocycles. The molecular weight excluding hydrogens is 254 g/mol. The minimum Gasteiger partial charge on any atom is -0.481 e. The molecule has 1 aliphatic rings. The van der Waals surface area contributed by atoms with E-state index in [0.29, 0.717) is 17.9 Å². The van der Waals surface area contributed by atoms with Crippen molar-refractivity contribution in [3.8, 4) is 0 Å². The SMILES string of the molecule is CC(C)CCn1c2c(cc(CCC(=O)O)c1=O)CCC2. The fourth-order valence-corrected chi connectivity index (χ4v) is 2.83. The highest BCUT2D eigenvalue weighted by Crippen LogP contribution is 2.22. The van der Waals surface area contributed by atoms with Crippen molar-refractivity contribution >= 4 is 5.97 Å². The summed E-state index contributed by atoms with van der Waals surface area (Å²) in [6, 6.07) is 1.94. The molecule has 2 rings (SSSR count). The molecule has 0 atom stereocenters.